The first kappa shape index (κ1) is 26.6. The van der Waals surface area contributed by atoms with Crippen LogP contribution in [0.2, 0.25) is 0 Å². The first-order chi connectivity index (χ1) is 13.3. The van der Waals surface area contributed by atoms with Crippen LogP contribution in [0.1, 0.15) is 46.5 Å². The van der Waals surface area contributed by atoms with Crippen LogP contribution >= 0.6 is 0 Å². The predicted molar refractivity (Wildman–Crippen MR) is 107 cm³/mol. The second kappa shape index (κ2) is 17.7. The van der Waals surface area contributed by atoms with Gasteiger partial charge in [0.1, 0.15) is 5.60 Å². The number of nitrogens with one attached hydrogen (secondary N) is 2. The molecule has 9 nitrogen and oxygen atoms in total. The van der Waals surface area contributed by atoms with Crippen molar-refractivity contribution in [3.63, 3.8) is 0 Å². The van der Waals surface area contributed by atoms with Gasteiger partial charge in [0.25, 0.3) is 0 Å². The standard InChI is InChI=1S/C19H39N3O6/c1-19(2,3)28-18(24)22-10-12-26-14-16-27-15-13-25-11-9-21-17(23)7-5-4-6-8-20/h4-16,20H2,1-3H3,(H,21,23)(H,22,24). The van der Waals surface area contributed by atoms with Crippen LogP contribution in [0.5, 0.6) is 0 Å². The van der Waals surface area contributed by atoms with E-state index in [-0.39, 0.29) is 5.91 Å². The lowest BCUT2D eigenvalue weighted by atomic mass is 10.2. The van der Waals surface area contributed by atoms with Gasteiger partial charge in [-0.1, -0.05) is 6.42 Å². The van der Waals surface area contributed by atoms with E-state index in [1.54, 1.807) is 0 Å². The number of rotatable bonds is 17. The first-order valence-corrected chi connectivity index (χ1v) is 10.0. The molecule has 4 N–H and O–H groups in total. The van der Waals surface area contributed by atoms with E-state index >= 15 is 0 Å². The summed E-state index contributed by atoms with van der Waals surface area (Å²) >= 11 is 0. The molecule has 0 fully saturated rings. The maximum atomic E-state index is 11.5. The Labute approximate surface area is 169 Å². The Balaban J connectivity index is 3.23. The predicted octanol–water partition coefficient (Wildman–Crippen LogP) is 1.20. The Morgan fingerprint density at radius 2 is 1.32 bits per heavy atom. The minimum atomic E-state index is -0.503. The van der Waals surface area contributed by atoms with Crippen molar-refractivity contribution in [3.05, 3.63) is 0 Å². The van der Waals surface area contributed by atoms with E-state index in [9.17, 15) is 9.59 Å². The minimum absolute atomic E-state index is 0.0511. The third-order valence-corrected chi connectivity index (χ3v) is 3.34. The number of ether oxygens (including phenoxy) is 4. The maximum absolute atomic E-state index is 11.5. The molecule has 0 saturated heterocycles. The van der Waals surface area contributed by atoms with Crippen LogP contribution in [0.25, 0.3) is 0 Å². The number of nitrogens with two attached hydrogens (primary N) is 1. The van der Waals surface area contributed by atoms with Crippen LogP contribution in [0, 0.1) is 0 Å². The van der Waals surface area contributed by atoms with Gasteiger partial charge < -0.3 is 35.3 Å². The number of amides is 2. The van der Waals surface area contributed by atoms with Crippen molar-refractivity contribution in [1.29, 1.82) is 0 Å². The SMILES string of the molecule is CC(C)(C)OC(=O)NCCOCCOCCOCCNC(=O)CCCCCN. The highest BCUT2D eigenvalue weighted by Gasteiger charge is 2.15. The quantitative estimate of drug-likeness (QED) is 0.311. The highest BCUT2D eigenvalue weighted by molar-refractivity contribution is 5.75. The zero-order chi connectivity index (χ0) is 21.1. The number of unbranched alkanes of at least 4 members (excludes halogenated alkanes) is 2. The molecule has 0 aromatic carbocycles. The van der Waals surface area contributed by atoms with E-state index < -0.39 is 11.7 Å². The van der Waals surface area contributed by atoms with Gasteiger partial charge in [0.05, 0.1) is 39.6 Å². The molecular formula is C19H39N3O6. The fourth-order valence-electron chi connectivity index (χ4n) is 2.04. The van der Waals surface area contributed by atoms with Crippen LogP contribution in [-0.2, 0) is 23.7 Å². The summed E-state index contributed by atoms with van der Waals surface area (Å²) in [6.45, 7) is 9.68. The van der Waals surface area contributed by atoms with Gasteiger partial charge in [-0.05, 0) is 40.2 Å². The summed E-state index contributed by atoms with van der Waals surface area (Å²) in [5.41, 5.74) is 4.90. The normalized spacial score (nSPS) is 11.3. The molecular weight excluding hydrogens is 366 g/mol. The van der Waals surface area contributed by atoms with Crippen molar-refractivity contribution in [2.24, 2.45) is 5.73 Å². The molecule has 0 aromatic heterocycles. The van der Waals surface area contributed by atoms with Crippen molar-refractivity contribution in [1.82, 2.24) is 10.6 Å². The van der Waals surface area contributed by atoms with Gasteiger partial charge in [-0.3, -0.25) is 4.79 Å². The van der Waals surface area contributed by atoms with E-state index in [1.165, 1.54) is 0 Å². The molecule has 0 atom stereocenters. The van der Waals surface area contributed by atoms with Gasteiger partial charge in [-0.15, -0.1) is 0 Å². The van der Waals surface area contributed by atoms with E-state index in [1.807, 2.05) is 20.8 Å². The van der Waals surface area contributed by atoms with Crippen molar-refractivity contribution in [2.75, 3.05) is 59.3 Å². The molecule has 0 aliphatic rings. The van der Waals surface area contributed by atoms with Crippen LogP contribution in [0.15, 0.2) is 0 Å². The molecule has 166 valence electrons. The molecule has 0 spiro atoms. The van der Waals surface area contributed by atoms with Crippen molar-refractivity contribution >= 4 is 12.0 Å². The molecule has 0 radical (unpaired) electrons. The van der Waals surface area contributed by atoms with Gasteiger partial charge in [0.2, 0.25) is 5.91 Å². The van der Waals surface area contributed by atoms with E-state index in [4.69, 9.17) is 24.7 Å². The molecule has 9 heteroatoms. The molecule has 0 unspecified atom stereocenters. The molecule has 2 amide bonds. The summed E-state index contributed by atoms with van der Waals surface area (Å²) in [4.78, 5) is 22.9. The Morgan fingerprint density at radius 1 is 0.786 bits per heavy atom. The van der Waals surface area contributed by atoms with Crippen molar-refractivity contribution < 1.29 is 28.5 Å². The third-order valence-electron chi connectivity index (χ3n) is 3.34. The van der Waals surface area contributed by atoms with E-state index in [0.717, 1.165) is 19.3 Å². The molecule has 0 aromatic rings. The Bertz CT molecular complexity index is 402. The minimum Gasteiger partial charge on any atom is -0.444 e. The number of hydrogen-bond donors (Lipinski definition) is 3. The number of hydrogen-bond acceptors (Lipinski definition) is 7. The maximum Gasteiger partial charge on any atom is 0.407 e. The summed E-state index contributed by atoms with van der Waals surface area (Å²) in [5.74, 6) is 0.0511. The second-order valence-corrected chi connectivity index (χ2v) is 7.22. The monoisotopic (exact) mass is 405 g/mol. The van der Waals surface area contributed by atoms with Gasteiger partial charge in [-0.2, -0.15) is 0 Å². The molecule has 28 heavy (non-hydrogen) atoms. The number of carbonyl (C=O) groups excluding carboxylic acids is 2. The Morgan fingerprint density at radius 3 is 1.86 bits per heavy atom. The Hall–Kier alpha value is -1.42. The topological polar surface area (TPSA) is 121 Å². The second-order valence-electron chi connectivity index (χ2n) is 7.22. The summed E-state index contributed by atoms with van der Waals surface area (Å²) in [7, 11) is 0. The highest BCUT2D eigenvalue weighted by Crippen LogP contribution is 2.06. The average molecular weight is 406 g/mol. The van der Waals surface area contributed by atoms with Gasteiger partial charge in [-0.25, -0.2) is 4.79 Å². The molecule has 0 saturated carbocycles. The molecule has 0 heterocycles. The van der Waals surface area contributed by atoms with Crippen LogP contribution < -0.4 is 16.4 Å². The smallest absolute Gasteiger partial charge is 0.407 e. The zero-order valence-corrected chi connectivity index (χ0v) is 17.7. The summed E-state index contributed by atoms with van der Waals surface area (Å²) < 4.78 is 21.2. The molecule has 0 rings (SSSR count). The fourth-order valence-corrected chi connectivity index (χ4v) is 2.04. The van der Waals surface area contributed by atoms with Crippen LogP contribution in [0.4, 0.5) is 4.79 Å². The highest BCUT2D eigenvalue weighted by atomic mass is 16.6. The van der Waals surface area contributed by atoms with Gasteiger partial charge in [0.15, 0.2) is 0 Å². The lowest BCUT2D eigenvalue weighted by molar-refractivity contribution is -0.121. The van der Waals surface area contributed by atoms with Gasteiger partial charge >= 0.3 is 6.09 Å². The van der Waals surface area contributed by atoms with Crippen LogP contribution in [0.3, 0.4) is 0 Å². The lowest BCUT2D eigenvalue weighted by Crippen LogP contribution is -2.34. The first-order valence-electron chi connectivity index (χ1n) is 10.0. The molecule has 0 bridgehead atoms. The largest absolute Gasteiger partial charge is 0.444 e. The molecule has 0 aliphatic carbocycles. The van der Waals surface area contributed by atoms with Crippen molar-refractivity contribution in [2.45, 2.75) is 52.1 Å². The Kier molecular flexibility index (Phi) is 16.8. The van der Waals surface area contributed by atoms with E-state index in [0.29, 0.717) is 65.7 Å². The number of carbonyl (C=O) groups is 2. The summed E-state index contributed by atoms with van der Waals surface area (Å²) in [5, 5.41) is 5.43. The van der Waals surface area contributed by atoms with E-state index in [2.05, 4.69) is 10.6 Å². The van der Waals surface area contributed by atoms with Crippen molar-refractivity contribution in [3.8, 4) is 0 Å². The number of alkyl carbamates (subject to hydrolysis) is 1. The zero-order valence-electron chi connectivity index (χ0n) is 17.7. The lowest BCUT2D eigenvalue weighted by Gasteiger charge is -2.19. The summed E-state index contributed by atoms with van der Waals surface area (Å²) in [6.07, 6.45) is 2.91. The average Bonchev–Trinajstić information content (AvgIpc) is 2.61. The van der Waals surface area contributed by atoms with Crippen LogP contribution in [-0.4, -0.2) is 76.9 Å². The summed E-state index contributed by atoms with van der Waals surface area (Å²) in [6, 6.07) is 0. The molecule has 0 aliphatic heterocycles. The fraction of sp³-hybridized carbons (Fsp3) is 0.895. The third kappa shape index (κ3) is 20.9. The van der Waals surface area contributed by atoms with Gasteiger partial charge in [0, 0.05) is 19.5 Å².